The van der Waals surface area contributed by atoms with Gasteiger partial charge in [0.15, 0.2) is 5.15 Å². The lowest BCUT2D eigenvalue weighted by Gasteiger charge is -2.24. The Balaban J connectivity index is 1.95. The van der Waals surface area contributed by atoms with Gasteiger partial charge in [-0.05, 0) is 32.9 Å². The predicted octanol–water partition coefficient (Wildman–Crippen LogP) is 1.23. The van der Waals surface area contributed by atoms with Gasteiger partial charge in [0, 0.05) is 25.0 Å². The lowest BCUT2D eigenvalue weighted by atomic mass is 10.0. The third-order valence-electron chi connectivity index (χ3n) is 3.98. The molecule has 94 valence electrons. The molecule has 5 heteroatoms. The molecule has 2 aliphatic rings. The molecule has 2 aliphatic heterocycles. The quantitative estimate of drug-likeness (QED) is 0.820. The number of likely N-dealkylation sites (tertiary alicyclic amines) is 1. The highest BCUT2D eigenvalue weighted by Gasteiger charge is 2.30. The van der Waals surface area contributed by atoms with Crippen LogP contribution in [0.2, 0.25) is 5.15 Å². The predicted molar refractivity (Wildman–Crippen MR) is 68.4 cm³/mol. The molecule has 3 rings (SSSR count). The summed E-state index contributed by atoms with van der Waals surface area (Å²) in [5.74, 6) is 1.68. The highest BCUT2D eigenvalue weighted by molar-refractivity contribution is 6.30. The van der Waals surface area contributed by atoms with Crippen LogP contribution in [0.4, 0.5) is 0 Å². The second kappa shape index (κ2) is 4.26. The first-order valence-corrected chi connectivity index (χ1v) is 6.72. The van der Waals surface area contributed by atoms with Crippen molar-refractivity contribution in [2.24, 2.45) is 5.73 Å². The van der Waals surface area contributed by atoms with Crippen LogP contribution >= 0.6 is 11.6 Å². The van der Waals surface area contributed by atoms with Gasteiger partial charge in [0.1, 0.15) is 5.82 Å². The summed E-state index contributed by atoms with van der Waals surface area (Å²) in [7, 11) is 2.16. The molecular weight excluding hydrogens is 236 g/mol. The SMILES string of the molecule is CN1CCC(c2nc(Cl)c3n2CC(N)CC3)C1. The molecule has 0 amide bonds. The summed E-state index contributed by atoms with van der Waals surface area (Å²) in [6.07, 6.45) is 3.17. The monoisotopic (exact) mass is 254 g/mol. The Morgan fingerprint density at radius 1 is 1.35 bits per heavy atom. The Labute approximate surface area is 107 Å². The standard InChI is InChI=1S/C12H19ClN4/c1-16-5-4-8(6-16)12-15-11(13)10-3-2-9(14)7-17(10)12/h8-9H,2-7,14H2,1H3. The van der Waals surface area contributed by atoms with E-state index in [1.54, 1.807) is 0 Å². The number of aromatic nitrogens is 2. The van der Waals surface area contributed by atoms with Gasteiger partial charge in [-0.1, -0.05) is 11.6 Å². The van der Waals surface area contributed by atoms with Gasteiger partial charge in [-0.15, -0.1) is 0 Å². The third kappa shape index (κ3) is 1.98. The van der Waals surface area contributed by atoms with Crippen LogP contribution < -0.4 is 5.73 Å². The van der Waals surface area contributed by atoms with Crippen LogP contribution in [0.1, 0.15) is 30.3 Å². The van der Waals surface area contributed by atoms with Crippen LogP contribution in [0, 0.1) is 0 Å². The Kier molecular flexibility index (Phi) is 2.89. The van der Waals surface area contributed by atoms with Crippen LogP contribution in [-0.4, -0.2) is 40.6 Å². The lowest BCUT2D eigenvalue weighted by molar-refractivity contribution is 0.400. The van der Waals surface area contributed by atoms with Crippen LogP contribution in [0.15, 0.2) is 0 Å². The summed E-state index contributed by atoms with van der Waals surface area (Å²) < 4.78 is 2.28. The van der Waals surface area contributed by atoms with E-state index >= 15 is 0 Å². The highest BCUT2D eigenvalue weighted by Crippen LogP contribution is 2.31. The molecule has 0 saturated carbocycles. The minimum Gasteiger partial charge on any atom is -0.329 e. The maximum Gasteiger partial charge on any atom is 0.150 e. The van der Waals surface area contributed by atoms with E-state index in [1.807, 2.05) is 0 Å². The van der Waals surface area contributed by atoms with Gasteiger partial charge in [-0.2, -0.15) is 0 Å². The van der Waals surface area contributed by atoms with E-state index < -0.39 is 0 Å². The van der Waals surface area contributed by atoms with Gasteiger partial charge in [0.2, 0.25) is 0 Å². The second-order valence-electron chi connectivity index (χ2n) is 5.36. The number of nitrogens with zero attached hydrogens (tertiary/aromatic N) is 3. The average Bonchev–Trinajstić information content (AvgIpc) is 2.83. The van der Waals surface area contributed by atoms with Crippen molar-refractivity contribution in [2.75, 3.05) is 20.1 Å². The van der Waals surface area contributed by atoms with Crippen LogP contribution in [-0.2, 0) is 13.0 Å². The van der Waals surface area contributed by atoms with Crippen LogP contribution in [0.25, 0.3) is 0 Å². The Morgan fingerprint density at radius 2 is 2.18 bits per heavy atom. The Bertz CT molecular complexity index is 428. The minimum absolute atomic E-state index is 0.255. The molecule has 1 aromatic rings. The molecule has 2 N–H and O–H groups in total. The maximum atomic E-state index is 6.24. The molecule has 3 heterocycles. The largest absolute Gasteiger partial charge is 0.329 e. The van der Waals surface area contributed by atoms with Crippen molar-refractivity contribution in [3.63, 3.8) is 0 Å². The third-order valence-corrected chi connectivity index (χ3v) is 4.28. The first-order chi connectivity index (χ1) is 8.15. The summed E-state index contributed by atoms with van der Waals surface area (Å²) in [5, 5.41) is 0.696. The molecule has 0 aliphatic carbocycles. The Morgan fingerprint density at radius 3 is 2.88 bits per heavy atom. The number of halogens is 1. The van der Waals surface area contributed by atoms with Gasteiger partial charge in [0.05, 0.1) is 5.69 Å². The van der Waals surface area contributed by atoms with Crippen molar-refractivity contribution in [3.8, 4) is 0 Å². The molecule has 4 nitrogen and oxygen atoms in total. The number of imidazole rings is 1. The fourth-order valence-electron chi connectivity index (χ4n) is 3.02. The van der Waals surface area contributed by atoms with Crippen molar-refractivity contribution in [2.45, 2.75) is 37.8 Å². The average molecular weight is 255 g/mol. The lowest BCUT2D eigenvalue weighted by Crippen LogP contribution is -2.33. The van der Waals surface area contributed by atoms with Crippen molar-refractivity contribution in [1.29, 1.82) is 0 Å². The molecule has 0 aromatic carbocycles. The number of hydrogen-bond acceptors (Lipinski definition) is 3. The molecule has 17 heavy (non-hydrogen) atoms. The smallest absolute Gasteiger partial charge is 0.150 e. The molecule has 1 fully saturated rings. The zero-order chi connectivity index (χ0) is 12.0. The Hall–Kier alpha value is -0.580. The highest BCUT2D eigenvalue weighted by atomic mass is 35.5. The van der Waals surface area contributed by atoms with Gasteiger partial charge in [-0.25, -0.2) is 4.98 Å². The normalized spacial score (nSPS) is 29.6. The molecule has 0 radical (unpaired) electrons. The number of nitrogens with two attached hydrogens (primary N) is 1. The minimum atomic E-state index is 0.255. The van der Waals surface area contributed by atoms with Crippen LogP contribution in [0.5, 0.6) is 0 Å². The van der Waals surface area contributed by atoms with Gasteiger partial charge >= 0.3 is 0 Å². The topological polar surface area (TPSA) is 47.1 Å². The van der Waals surface area contributed by atoms with Gasteiger partial charge in [0.25, 0.3) is 0 Å². The van der Waals surface area contributed by atoms with Crippen molar-refractivity contribution < 1.29 is 0 Å². The van der Waals surface area contributed by atoms with E-state index in [4.69, 9.17) is 17.3 Å². The zero-order valence-corrected chi connectivity index (χ0v) is 11.0. The first kappa shape index (κ1) is 11.5. The van der Waals surface area contributed by atoms with E-state index in [-0.39, 0.29) is 6.04 Å². The summed E-state index contributed by atoms with van der Waals surface area (Å²) in [6.45, 7) is 3.11. The van der Waals surface area contributed by atoms with E-state index in [0.717, 1.165) is 38.3 Å². The molecule has 2 atom stereocenters. The summed E-state index contributed by atoms with van der Waals surface area (Å²) in [5.41, 5.74) is 7.24. The number of rotatable bonds is 1. The van der Waals surface area contributed by atoms with E-state index in [0.29, 0.717) is 11.1 Å². The van der Waals surface area contributed by atoms with E-state index in [1.165, 1.54) is 12.1 Å². The van der Waals surface area contributed by atoms with E-state index in [2.05, 4.69) is 21.5 Å². The second-order valence-corrected chi connectivity index (χ2v) is 5.72. The summed E-state index contributed by atoms with van der Waals surface area (Å²) >= 11 is 6.24. The van der Waals surface area contributed by atoms with Crippen LogP contribution in [0.3, 0.4) is 0 Å². The van der Waals surface area contributed by atoms with Crippen molar-refractivity contribution in [3.05, 3.63) is 16.7 Å². The zero-order valence-electron chi connectivity index (χ0n) is 10.2. The van der Waals surface area contributed by atoms with Crippen molar-refractivity contribution in [1.82, 2.24) is 14.5 Å². The number of likely N-dealkylation sites (N-methyl/N-ethyl adjacent to an activating group) is 1. The summed E-state index contributed by atoms with van der Waals surface area (Å²) in [6, 6.07) is 0.255. The van der Waals surface area contributed by atoms with Gasteiger partial charge < -0.3 is 15.2 Å². The molecule has 2 unspecified atom stereocenters. The molecule has 0 bridgehead atoms. The van der Waals surface area contributed by atoms with Crippen molar-refractivity contribution >= 4 is 11.6 Å². The molecular formula is C12H19ClN4. The molecule has 0 spiro atoms. The van der Waals surface area contributed by atoms with Gasteiger partial charge in [-0.3, -0.25) is 0 Å². The fourth-order valence-corrected chi connectivity index (χ4v) is 3.31. The fraction of sp³-hybridized carbons (Fsp3) is 0.750. The number of hydrogen-bond donors (Lipinski definition) is 1. The van der Waals surface area contributed by atoms with E-state index in [9.17, 15) is 0 Å². The molecule has 1 saturated heterocycles. The molecule has 1 aromatic heterocycles. The first-order valence-electron chi connectivity index (χ1n) is 6.34. The maximum absolute atomic E-state index is 6.24. The number of fused-ring (bicyclic) bond motifs is 1. The summed E-state index contributed by atoms with van der Waals surface area (Å²) in [4.78, 5) is 6.94.